The predicted molar refractivity (Wildman–Crippen MR) is 50.8 cm³/mol. The van der Waals surface area contributed by atoms with Crippen molar-refractivity contribution in [3.63, 3.8) is 0 Å². The molecular formula is C11H14O3. The van der Waals surface area contributed by atoms with Gasteiger partial charge in [-0.2, -0.15) is 0 Å². The smallest absolute Gasteiger partial charge is 0.317 e. The number of carboxylic acids is 1. The minimum atomic E-state index is -1.11. The Bertz CT molecular complexity index is 331. The first-order valence-corrected chi connectivity index (χ1v) is 4.96. The maximum absolute atomic E-state index is 11.6. The molecule has 0 amide bonds. The van der Waals surface area contributed by atoms with Gasteiger partial charge in [-0.3, -0.25) is 9.59 Å². The number of allylic oxidation sites excluding steroid dienone is 2. The van der Waals surface area contributed by atoms with Crippen molar-refractivity contribution in [3.8, 4) is 0 Å². The Hall–Kier alpha value is -1.12. The highest BCUT2D eigenvalue weighted by atomic mass is 16.4. The Morgan fingerprint density at radius 1 is 1.50 bits per heavy atom. The van der Waals surface area contributed by atoms with Crippen LogP contribution in [0.3, 0.4) is 0 Å². The van der Waals surface area contributed by atoms with E-state index in [1.54, 1.807) is 0 Å². The molecule has 2 unspecified atom stereocenters. The third kappa shape index (κ3) is 1.11. The Morgan fingerprint density at radius 2 is 2.21 bits per heavy atom. The summed E-state index contributed by atoms with van der Waals surface area (Å²) in [5.74, 6) is -1.17. The Labute approximate surface area is 82.8 Å². The molecule has 1 N–H and O–H groups in total. The summed E-state index contributed by atoms with van der Waals surface area (Å²) in [6, 6.07) is 0. The summed E-state index contributed by atoms with van der Waals surface area (Å²) in [6.07, 6.45) is 6.16. The lowest BCUT2D eigenvalue weighted by atomic mass is 9.58. The van der Waals surface area contributed by atoms with E-state index in [0.717, 1.165) is 12.8 Å². The summed E-state index contributed by atoms with van der Waals surface area (Å²) < 4.78 is 0. The summed E-state index contributed by atoms with van der Waals surface area (Å²) in [6.45, 7) is 2.03. The second-order valence-corrected chi connectivity index (χ2v) is 4.77. The molecular weight excluding hydrogens is 180 g/mol. The molecule has 3 heteroatoms. The molecule has 76 valence electrons. The van der Waals surface area contributed by atoms with Crippen molar-refractivity contribution in [2.45, 2.75) is 32.6 Å². The van der Waals surface area contributed by atoms with Crippen LogP contribution in [0.15, 0.2) is 12.2 Å². The second-order valence-electron chi connectivity index (χ2n) is 4.77. The normalized spacial score (nSPS) is 41.1. The van der Waals surface area contributed by atoms with Crippen LogP contribution in [0.2, 0.25) is 0 Å². The zero-order valence-electron chi connectivity index (χ0n) is 8.25. The zero-order chi connectivity index (χ0) is 10.4. The Morgan fingerprint density at radius 3 is 2.79 bits per heavy atom. The minimum absolute atomic E-state index is 0.0788. The van der Waals surface area contributed by atoms with Crippen LogP contribution in [0, 0.1) is 10.8 Å². The second kappa shape index (κ2) is 2.69. The monoisotopic (exact) mass is 194 g/mol. The van der Waals surface area contributed by atoms with Gasteiger partial charge in [0.25, 0.3) is 0 Å². The molecule has 0 aromatic rings. The molecule has 14 heavy (non-hydrogen) atoms. The number of carbonyl (C=O) groups is 2. The van der Waals surface area contributed by atoms with Crippen molar-refractivity contribution in [2.75, 3.05) is 0 Å². The predicted octanol–water partition coefficient (Wildman–Crippen LogP) is 1.78. The number of carbonyl (C=O) groups excluding carboxylic acids is 1. The lowest BCUT2D eigenvalue weighted by Crippen LogP contribution is -2.47. The first-order valence-electron chi connectivity index (χ1n) is 4.96. The van der Waals surface area contributed by atoms with E-state index in [0.29, 0.717) is 12.8 Å². The summed E-state index contributed by atoms with van der Waals surface area (Å²) in [7, 11) is 0. The van der Waals surface area contributed by atoms with E-state index in [-0.39, 0.29) is 11.2 Å². The van der Waals surface area contributed by atoms with Crippen molar-refractivity contribution in [1.29, 1.82) is 0 Å². The maximum Gasteiger partial charge on any atom is 0.317 e. The van der Waals surface area contributed by atoms with E-state index in [4.69, 9.17) is 0 Å². The zero-order valence-corrected chi connectivity index (χ0v) is 8.25. The van der Waals surface area contributed by atoms with Gasteiger partial charge >= 0.3 is 5.97 Å². The van der Waals surface area contributed by atoms with Gasteiger partial charge in [0.15, 0.2) is 5.78 Å². The third-order valence-electron chi connectivity index (χ3n) is 3.58. The molecule has 2 rings (SSSR count). The fourth-order valence-corrected chi connectivity index (χ4v) is 2.74. The van der Waals surface area contributed by atoms with Gasteiger partial charge in [-0.1, -0.05) is 19.4 Å². The quantitative estimate of drug-likeness (QED) is 0.647. The highest BCUT2D eigenvalue weighted by molar-refractivity contribution is 6.09. The van der Waals surface area contributed by atoms with Gasteiger partial charge in [0.1, 0.15) is 5.41 Å². The van der Waals surface area contributed by atoms with Gasteiger partial charge in [0, 0.05) is 0 Å². The number of rotatable bonds is 1. The molecule has 2 aliphatic carbocycles. The fourth-order valence-electron chi connectivity index (χ4n) is 2.74. The molecule has 0 radical (unpaired) electrons. The van der Waals surface area contributed by atoms with Crippen molar-refractivity contribution in [1.82, 2.24) is 0 Å². The molecule has 2 bridgehead atoms. The van der Waals surface area contributed by atoms with Crippen LogP contribution in [0.4, 0.5) is 0 Å². The van der Waals surface area contributed by atoms with Crippen molar-refractivity contribution >= 4 is 11.8 Å². The number of hydrogen-bond acceptors (Lipinski definition) is 2. The van der Waals surface area contributed by atoms with Gasteiger partial charge in [-0.05, 0) is 30.8 Å². The SMILES string of the molecule is CC12C=CC(=O)C(C(=O)O)(CCC1)C2. The third-order valence-corrected chi connectivity index (χ3v) is 3.58. The first-order chi connectivity index (χ1) is 6.49. The molecule has 3 nitrogen and oxygen atoms in total. The molecule has 2 atom stereocenters. The molecule has 2 aliphatic rings. The lowest BCUT2D eigenvalue weighted by Gasteiger charge is -2.43. The summed E-state index contributed by atoms with van der Waals surface area (Å²) in [5.41, 5.74) is -1.19. The Kier molecular flexibility index (Phi) is 1.81. The van der Waals surface area contributed by atoms with Crippen LogP contribution in [-0.4, -0.2) is 16.9 Å². The molecule has 0 aromatic heterocycles. The average molecular weight is 194 g/mol. The van der Waals surface area contributed by atoms with E-state index >= 15 is 0 Å². The maximum atomic E-state index is 11.6. The van der Waals surface area contributed by atoms with E-state index in [1.807, 2.05) is 13.0 Å². The van der Waals surface area contributed by atoms with Gasteiger partial charge in [-0.25, -0.2) is 0 Å². The van der Waals surface area contributed by atoms with Crippen LogP contribution in [0.5, 0.6) is 0 Å². The van der Waals surface area contributed by atoms with Crippen LogP contribution < -0.4 is 0 Å². The number of aliphatic carboxylic acids is 1. The highest BCUT2D eigenvalue weighted by Gasteiger charge is 2.53. The summed E-state index contributed by atoms with van der Waals surface area (Å²) in [4.78, 5) is 22.8. The number of ketones is 1. The van der Waals surface area contributed by atoms with Crippen molar-refractivity contribution in [2.24, 2.45) is 10.8 Å². The number of fused-ring (bicyclic) bond motifs is 2. The fraction of sp³-hybridized carbons (Fsp3) is 0.636. The van der Waals surface area contributed by atoms with Crippen LogP contribution >= 0.6 is 0 Å². The largest absolute Gasteiger partial charge is 0.480 e. The van der Waals surface area contributed by atoms with Gasteiger partial charge < -0.3 is 5.11 Å². The standard InChI is InChI=1S/C11H14O3/c1-10-4-2-5-11(7-10,9(13)14)8(12)3-6-10/h3,6H,2,4-5,7H2,1H3,(H,13,14). The van der Waals surface area contributed by atoms with E-state index in [1.165, 1.54) is 6.08 Å². The molecule has 1 saturated carbocycles. The average Bonchev–Trinajstić information content (AvgIpc) is 2.12. The van der Waals surface area contributed by atoms with Crippen molar-refractivity contribution in [3.05, 3.63) is 12.2 Å². The molecule has 0 aliphatic heterocycles. The van der Waals surface area contributed by atoms with E-state index in [2.05, 4.69) is 0 Å². The minimum Gasteiger partial charge on any atom is -0.480 e. The van der Waals surface area contributed by atoms with Crippen LogP contribution in [-0.2, 0) is 9.59 Å². The molecule has 1 fully saturated rings. The lowest BCUT2D eigenvalue weighted by molar-refractivity contribution is -0.158. The van der Waals surface area contributed by atoms with Gasteiger partial charge in [-0.15, -0.1) is 0 Å². The van der Waals surface area contributed by atoms with Crippen LogP contribution in [0.1, 0.15) is 32.6 Å². The molecule has 0 aromatic carbocycles. The van der Waals surface area contributed by atoms with Crippen molar-refractivity contribution < 1.29 is 14.7 Å². The molecule has 0 heterocycles. The van der Waals surface area contributed by atoms with Gasteiger partial charge in [0.2, 0.25) is 0 Å². The summed E-state index contributed by atoms with van der Waals surface area (Å²) in [5, 5.41) is 9.17. The van der Waals surface area contributed by atoms with Gasteiger partial charge in [0.05, 0.1) is 0 Å². The number of carboxylic acid groups (broad SMARTS) is 1. The number of hydrogen-bond donors (Lipinski definition) is 1. The Balaban J connectivity index is 2.46. The topological polar surface area (TPSA) is 54.4 Å². The van der Waals surface area contributed by atoms with E-state index < -0.39 is 11.4 Å². The molecule has 0 saturated heterocycles. The summed E-state index contributed by atoms with van der Waals surface area (Å²) >= 11 is 0. The van der Waals surface area contributed by atoms with Crippen LogP contribution in [0.25, 0.3) is 0 Å². The van der Waals surface area contributed by atoms with E-state index in [9.17, 15) is 14.7 Å². The highest BCUT2D eigenvalue weighted by Crippen LogP contribution is 2.50. The first kappa shape index (κ1) is 9.44. The molecule has 0 spiro atoms.